The molecule has 1 aromatic rings. The Morgan fingerprint density at radius 2 is 2.06 bits per heavy atom. The molecule has 1 heterocycles. The predicted octanol–water partition coefficient (Wildman–Crippen LogP) is 0.607. The SMILES string of the molecule is C=C(CNC)CN1C(=O)c2ccccc2S1(=O)=O. The van der Waals surface area contributed by atoms with Crippen molar-refractivity contribution in [2.75, 3.05) is 20.1 Å². The van der Waals surface area contributed by atoms with Gasteiger partial charge in [0, 0.05) is 6.54 Å². The highest BCUT2D eigenvalue weighted by Gasteiger charge is 2.40. The number of nitrogens with zero attached hydrogens (tertiary/aromatic N) is 1. The minimum absolute atomic E-state index is 0.0106. The molecule has 0 aromatic heterocycles. The van der Waals surface area contributed by atoms with Gasteiger partial charge in [0.05, 0.1) is 12.1 Å². The van der Waals surface area contributed by atoms with Crippen LogP contribution in [0.5, 0.6) is 0 Å². The van der Waals surface area contributed by atoms with E-state index in [9.17, 15) is 13.2 Å². The average molecular weight is 266 g/mol. The van der Waals surface area contributed by atoms with Crippen LogP contribution in [0, 0.1) is 0 Å². The van der Waals surface area contributed by atoms with Crippen molar-refractivity contribution in [1.29, 1.82) is 0 Å². The van der Waals surface area contributed by atoms with Gasteiger partial charge in [-0.2, -0.15) is 0 Å². The molecule has 5 nitrogen and oxygen atoms in total. The quantitative estimate of drug-likeness (QED) is 0.811. The number of nitrogens with one attached hydrogen (secondary N) is 1. The van der Waals surface area contributed by atoms with Gasteiger partial charge in [0.25, 0.3) is 15.9 Å². The summed E-state index contributed by atoms with van der Waals surface area (Å²) in [6, 6.07) is 6.23. The van der Waals surface area contributed by atoms with Crippen LogP contribution < -0.4 is 5.32 Å². The summed E-state index contributed by atoms with van der Waals surface area (Å²) in [6.07, 6.45) is 0. The third-order valence-corrected chi connectivity index (χ3v) is 4.49. The van der Waals surface area contributed by atoms with Gasteiger partial charge >= 0.3 is 0 Å². The Hall–Kier alpha value is -1.66. The van der Waals surface area contributed by atoms with E-state index in [-0.39, 0.29) is 17.0 Å². The smallest absolute Gasteiger partial charge is 0.269 e. The first-order valence-corrected chi connectivity index (χ1v) is 6.90. The lowest BCUT2D eigenvalue weighted by Crippen LogP contribution is -2.33. The molecule has 0 unspecified atom stereocenters. The van der Waals surface area contributed by atoms with E-state index >= 15 is 0 Å². The van der Waals surface area contributed by atoms with Crippen LogP contribution in [-0.2, 0) is 10.0 Å². The van der Waals surface area contributed by atoms with Crippen molar-refractivity contribution in [2.24, 2.45) is 0 Å². The molecule has 2 rings (SSSR count). The first-order valence-electron chi connectivity index (χ1n) is 5.46. The predicted molar refractivity (Wildman–Crippen MR) is 67.7 cm³/mol. The summed E-state index contributed by atoms with van der Waals surface area (Å²) in [6.45, 7) is 4.23. The van der Waals surface area contributed by atoms with Crippen LogP contribution in [0.3, 0.4) is 0 Å². The summed E-state index contributed by atoms with van der Waals surface area (Å²) in [4.78, 5) is 12.1. The molecule has 0 aliphatic carbocycles. The molecular formula is C12H14N2O3S. The maximum Gasteiger partial charge on any atom is 0.269 e. The number of fused-ring (bicyclic) bond motifs is 1. The van der Waals surface area contributed by atoms with E-state index in [2.05, 4.69) is 11.9 Å². The van der Waals surface area contributed by atoms with Crippen LogP contribution in [0.15, 0.2) is 41.3 Å². The summed E-state index contributed by atoms with van der Waals surface area (Å²) in [5.74, 6) is -0.483. The lowest BCUT2D eigenvalue weighted by atomic mass is 10.2. The molecule has 1 amide bonds. The average Bonchev–Trinajstić information content (AvgIpc) is 2.52. The lowest BCUT2D eigenvalue weighted by Gasteiger charge is -2.16. The lowest BCUT2D eigenvalue weighted by molar-refractivity contribution is 0.0878. The molecule has 96 valence electrons. The molecule has 18 heavy (non-hydrogen) atoms. The minimum Gasteiger partial charge on any atom is -0.316 e. The maximum atomic E-state index is 12.2. The van der Waals surface area contributed by atoms with Crippen molar-refractivity contribution in [2.45, 2.75) is 4.90 Å². The number of rotatable bonds is 4. The molecule has 0 bridgehead atoms. The number of sulfonamides is 1. The van der Waals surface area contributed by atoms with Gasteiger partial charge in [-0.3, -0.25) is 4.79 Å². The van der Waals surface area contributed by atoms with Crippen molar-refractivity contribution < 1.29 is 13.2 Å². The number of benzene rings is 1. The molecule has 1 aromatic carbocycles. The molecule has 0 atom stereocenters. The molecule has 0 radical (unpaired) electrons. The highest BCUT2D eigenvalue weighted by molar-refractivity contribution is 7.90. The van der Waals surface area contributed by atoms with E-state index in [1.165, 1.54) is 12.1 Å². The van der Waals surface area contributed by atoms with E-state index in [1.807, 2.05) is 0 Å². The second-order valence-corrected chi connectivity index (χ2v) is 5.92. The summed E-state index contributed by atoms with van der Waals surface area (Å²) in [5.41, 5.74) is 0.872. The Morgan fingerprint density at radius 3 is 2.67 bits per heavy atom. The van der Waals surface area contributed by atoms with Crippen LogP contribution in [-0.4, -0.2) is 38.8 Å². The number of hydrogen-bond donors (Lipinski definition) is 1. The molecule has 0 fully saturated rings. The van der Waals surface area contributed by atoms with Gasteiger partial charge in [-0.15, -0.1) is 0 Å². The molecular weight excluding hydrogens is 252 g/mol. The fourth-order valence-electron chi connectivity index (χ4n) is 1.90. The first kappa shape index (κ1) is 12.8. The van der Waals surface area contributed by atoms with Gasteiger partial charge in [0.2, 0.25) is 0 Å². The first-order chi connectivity index (χ1) is 8.48. The fourth-order valence-corrected chi connectivity index (χ4v) is 3.49. The topological polar surface area (TPSA) is 66.5 Å². The standard InChI is InChI=1S/C12H14N2O3S/c1-9(7-13-2)8-14-12(15)10-5-3-4-6-11(10)18(14,16)17/h3-6,13H,1,7-8H2,2H3. The molecule has 1 aliphatic rings. The van der Waals surface area contributed by atoms with Crippen LogP contribution >= 0.6 is 0 Å². The van der Waals surface area contributed by atoms with Gasteiger partial charge in [0.1, 0.15) is 4.90 Å². The Morgan fingerprint density at radius 1 is 1.39 bits per heavy atom. The number of hydrogen-bond acceptors (Lipinski definition) is 4. The van der Waals surface area contributed by atoms with Crippen molar-refractivity contribution in [3.8, 4) is 0 Å². The molecule has 0 saturated carbocycles. The summed E-state index contributed by atoms with van der Waals surface area (Å²) < 4.78 is 25.2. The van der Waals surface area contributed by atoms with Gasteiger partial charge in [-0.25, -0.2) is 12.7 Å². The molecule has 6 heteroatoms. The number of likely N-dealkylation sites (N-methyl/N-ethyl adjacent to an activating group) is 1. The van der Waals surface area contributed by atoms with E-state index < -0.39 is 15.9 Å². The van der Waals surface area contributed by atoms with Crippen molar-refractivity contribution in [1.82, 2.24) is 9.62 Å². The maximum absolute atomic E-state index is 12.2. The monoisotopic (exact) mass is 266 g/mol. The van der Waals surface area contributed by atoms with Gasteiger partial charge in [-0.1, -0.05) is 18.7 Å². The van der Waals surface area contributed by atoms with Crippen molar-refractivity contribution >= 4 is 15.9 Å². The zero-order valence-corrected chi connectivity index (χ0v) is 10.8. The number of carbonyl (C=O) groups excluding carboxylic acids is 1. The Kier molecular flexibility index (Phi) is 3.23. The van der Waals surface area contributed by atoms with E-state index in [0.29, 0.717) is 12.1 Å². The second-order valence-electron chi connectivity index (χ2n) is 4.09. The normalized spacial score (nSPS) is 16.7. The molecule has 1 aliphatic heterocycles. The number of amides is 1. The highest BCUT2D eigenvalue weighted by Crippen LogP contribution is 2.30. The highest BCUT2D eigenvalue weighted by atomic mass is 32.2. The number of carbonyl (C=O) groups is 1. The minimum atomic E-state index is -3.71. The van der Waals surface area contributed by atoms with Crippen LogP contribution in [0.1, 0.15) is 10.4 Å². The summed E-state index contributed by atoms with van der Waals surface area (Å²) >= 11 is 0. The van der Waals surface area contributed by atoms with E-state index in [0.717, 1.165) is 4.31 Å². The Labute approximate surface area is 106 Å². The molecule has 0 spiro atoms. The van der Waals surface area contributed by atoms with Gasteiger partial charge in [0.15, 0.2) is 0 Å². The van der Waals surface area contributed by atoms with Crippen molar-refractivity contribution in [3.63, 3.8) is 0 Å². The van der Waals surface area contributed by atoms with Crippen LogP contribution in [0.25, 0.3) is 0 Å². The second kappa shape index (κ2) is 4.55. The Bertz CT molecular complexity index is 608. The summed E-state index contributed by atoms with van der Waals surface area (Å²) in [5, 5.41) is 2.87. The zero-order chi connectivity index (χ0) is 13.3. The molecule has 1 N–H and O–H groups in total. The van der Waals surface area contributed by atoms with Crippen LogP contribution in [0.2, 0.25) is 0 Å². The largest absolute Gasteiger partial charge is 0.316 e. The third-order valence-electron chi connectivity index (χ3n) is 2.71. The van der Waals surface area contributed by atoms with Crippen LogP contribution in [0.4, 0.5) is 0 Å². The fraction of sp³-hybridized carbons (Fsp3) is 0.250. The summed E-state index contributed by atoms with van der Waals surface area (Å²) in [7, 11) is -1.98. The van der Waals surface area contributed by atoms with Crippen molar-refractivity contribution in [3.05, 3.63) is 42.0 Å². The van der Waals surface area contributed by atoms with Gasteiger partial charge in [-0.05, 0) is 24.8 Å². The van der Waals surface area contributed by atoms with E-state index in [1.54, 1.807) is 19.2 Å². The third kappa shape index (κ3) is 1.93. The zero-order valence-electron chi connectivity index (χ0n) is 10.0. The molecule has 0 saturated heterocycles. The Balaban J connectivity index is 2.37. The van der Waals surface area contributed by atoms with E-state index in [4.69, 9.17) is 0 Å². The van der Waals surface area contributed by atoms with Gasteiger partial charge < -0.3 is 5.32 Å².